The molecule has 0 saturated carbocycles. The number of aliphatic hydroxyl groups excluding tert-OH is 1. The molecule has 38 heavy (non-hydrogen) atoms. The van der Waals surface area contributed by atoms with E-state index in [-0.39, 0.29) is 29.6 Å². The smallest absolute Gasteiger partial charge is 0.251 e. The van der Waals surface area contributed by atoms with Crippen molar-refractivity contribution in [3.63, 3.8) is 0 Å². The van der Waals surface area contributed by atoms with E-state index in [4.69, 9.17) is 0 Å². The minimum absolute atomic E-state index is 0.0155. The van der Waals surface area contributed by atoms with Gasteiger partial charge in [-0.3, -0.25) is 14.4 Å². The number of benzene rings is 2. The number of amides is 3. The molecule has 0 bridgehead atoms. The number of likely N-dealkylation sites (tertiary alicyclic amines) is 1. The molecule has 198 valence electrons. The van der Waals surface area contributed by atoms with Gasteiger partial charge in [-0.15, -0.1) is 11.8 Å². The minimum Gasteiger partial charge on any atom is -0.394 e. The molecule has 2 aromatic rings. The van der Waals surface area contributed by atoms with E-state index in [2.05, 4.69) is 6.08 Å². The minimum atomic E-state index is -0.881. The standard InChI is InChI=1S/C30H33N3O4S/c1-3-14-31-15-6-10-23-24(27(31)35)25-28(36)33(19(2)18-34)26-29(37)32(16-7-13-30(25,26)38-23)22-12-11-20-8-4-5-9-21(20)17-22/h4-13,17,19,23-26,34H,3,14-16,18H2,1-2H3/t19-,23-,24+,25+,26?,30+/m1/s1. The van der Waals surface area contributed by atoms with E-state index in [9.17, 15) is 19.5 Å². The first-order chi connectivity index (χ1) is 18.4. The normalized spacial score (nSPS) is 31.3. The van der Waals surface area contributed by atoms with Gasteiger partial charge < -0.3 is 19.8 Å². The molecular formula is C30H33N3O4S. The summed E-state index contributed by atoms with van der Waals surface area (Å²) in [6.07, 6.45) is 8.93. The number of thioether (sulfide) groups is 1. The first-order valence-corrected chi connectivity index (χ1v) is 14.3. The highest BCUT2D eigenvalue weighted by molar-refractivity contribution is 8.02. The number of rotatable bonds is 5. The SMILES string of the molecule is CCCN1CC=C[C@H]2S[C@]34C=CCN(c5ccc6ccccc6c5)C(=O)C3N([C@H](C)CO)C(=O)[C@@H]4[C@H]2C1=O. The Morgan fingerprint density at radius 1 is 1.03 bits per heavy atom. The molecule has 1 spiro atoms. The van der Waals surface area contributed by atoms with Crippen LogP contribution in [0.1, 0.15) is 20.3 Å². The molecule has 7 nitrogen and oxygen atoms in total. The van der Waals surface area contributed by atoms with E-state index >= 15 is 0 Å². The van der Waals surface area contributed by atoms with Gasteiger partial charge in [0.05, 0.1) is 29.2 Å². The van der Waals surface area contributed by atoms with Gasteiger partial charge in [0, 0.05) is 30.6 Å². The van der Waals surface area contributed by atoms with E-state index < -0.39 is 28.7 Å². The Hall–Kier alpha value is -3.10. The second-order valence-corrected chi connectivity index (χ2v) is 12.2. The van der Waals surface area contributed by atoms with Gasteiger partial charge in [0.1, 0.15) is 6.04 Å². The van der Waals surface area contributed by atoms with Gasteiger partial charge in [-0.05, 0) is 36.2 Å². The summed E-state index contributed by atoms with van der Waals surface area (Å²) in [6, 6.07) is 12.6. The fourth-order valence-corrected chi connectivity index (χ4v) is 8.73. The van der Waals surface area contributed by atoms with Crippen LogP contribution in [-0.2, 0) is 14.4 Å². The Kier molecular flexibility index (Phi) is 6.35. The second-order valence-electron chi connectivity index (χ2n) is 10.7. The van der Waals surface area contributed by atoms with Crippen LogP contribution >= 0.6 is 11.8 Å². The Balaban J connectivity index is 1.45. The number of nitrogens with zero attached hydrogens (tertiary/aromatic N) is 3. The van der Waals surface area contributed by atoms with Crippen molar-refractivity contribution in [1.82, 2.24) is 9.80 Å². The van der Waals surface area contributed by atoms with E-state index in [1.54, 1.807) is 28.5 Å². The van der Waals surface area contributed by atoms with Gasteiger partial charge in [-0.1, -0.05) is 61.6 Å². The lowest BCUT2D eigenvalue weighted by Gasteiger charge is -2.37. The Bertz CT molecular complexity index is 1360. The van der Waals surface area contributed by atoms with Crippen LogP contribution in [-0.4, -0.2) is 80.9 Å². The van der Waals surface area contributed by atoms with Crippen LogP contribution in [0.5, 0.6) is 0 Å². The zero-order chi connectivity index (χ0) is 26.6. The maximum atomic E-state index is 14.5. The summed E-state index contributed by atoms with van der Waals surface area (Å²) in [5.41, 5.74) is 0.769. The fraction of sp³-hybridized carbons (Fsp3) is 0.433. The quantitative estimate of drug-likeness (QED) is 0.600. The largest absolute Gasteiger partial charge is 0.394 e. The van der Waals surface area contributed by atoms with Crippen LogP contribution in [0.2, 0.25) is 0 Å². The van der Waals surface area contributed by atoms with Crippen LogP contribution in [0.4, 0.5) is 5.69 Å². The number of carbonyl (C=O) groups is 3. The molecular weight excluding hydrogens is 498 g/mol. The molecule has 0 aromatic heterocycles. The molecule has 4 heterocycles. The summed E-state index contributed by atoms with van der Waals surface area (Å²) in [5.74, 6) is -1.61. The molecule has 6 atom stereocenters. The third-order valence-corrected chi connectivity index (χ3v) is 10.2. The average molecular weight is 532 g/mol. The van der Waals surface area contributed by atoms with E-state index in [1.807, 2.05) is 72.5 Å². The van der Waals surface area contributed by atoms with Crippen LogP contribution in [0.3, 0.4) is 0 Å². The number of hydrogen-bond donors (Lipinski definition) is 1. The molecule has 6 rings (SSSR count). The van der Waals surface area contributed by atoms with Crippen molar-refractivity contribution in [2.45, 2.75) is 42.3 Å². The highest BCUT2D eigenvalue weighted by Gasteiger charge is 2.71. The predicted molar refractivity (Wildman–Crippen MR) is 150 cm³/mol. The maximum absolute atomic E-state index is 14.5. The third kappa shape index (κ3) is 3.64. The maximum Gasteiger partial charge on any atom is 0.251 e. The zero-order valence-corrected chi connectivity index (χ0v) is 22.5. The first-order valence-electron chi connectivity index (χ1n) is 13.5. The molecule has 3 amide bonds. The topological polar surface area (TPSA) is 81.2 Å². The van der Waals surface area contributed by atoms with Gasteiger partial charge in [-0.2, -0.15) is 0 Å². The lowest BCUT2D eigenvalue weighted by atomic mass is 9.78. The Morgan fingerprint density at radius 2 is 1.82 bits per heavy atom. The summed E-state index contributed by atoms with van der Waals surface area (Å²) in [4.78, 5) is 47.7. The number of fused-ring (bicyclic) bond motifs is 3. The lowest BCUT2D eigenvalue weighted by Crippen LogP contribution is -2.56. The van der Waals surface area contributed by atoms with Crippen LogP contribution in [0.25, 0.3) is 10.8 Å². The molecule has 4 aliphatic heterocycles. The highest BCUT2D eigenvalue weighted by Crippen LogP contribution is 2.61. The van der Waals surface area contributed by atoms with Crippen LogP contribution in [0, 0.1) is 11.8 Å². The van der Waals surface area contributed by atoms with Crippen molar-refractivity contribution in [3.05, 3.63) is 66.8 Å². The Labute approximate surface area is 227 Å². The van der Waals surface area contributed by atoms with E-state index in [1.165, 1.54) is 0 Å². The molecule has 2 fully saturated rings. The number of hydrogen-bond acceptors (Lipinski definition) is 5. The molecule has 4 aliphatic rings. The van der Waals surface area contributed by atoms with Crippen molar-refractivity contribution in [2.24, 2.45) is 11.8 Å². The third-order valence-electron chi connectivity index (χ3n) is 8.46. The van der Waals surface area contributed by atoms with E-state index in [0.29, 0.717) is 19.6 Å². The summed E-state index contributed by atoms with van der Waals surface area (Å²) < 4.78 is -0.881. The predicted octanol–water partition coefficient (Wildman–Crippen LogP) is 3.23. The Morgan fingerprint density at radius 3 is 2.58 bits per heavy atom. The first kappa shape index (κ1) is 25.2. The zero-order valence-electron chi connectivity index (χ0n) is 21.7. The summed E-state index contributed by atoms with van der Waals surface area (Å²) in [6.45, 7) is 5.11. The highest BCUT2D eigenvalue weighted by atomic mass is 32.2. The molecule has 1 unspecified atom stereocenters. The summed E-state index contributed by atoms with van der Waals surface area (Å²) in [5, 5.41) is 12.1. The molecule has 0 aliphatic carbocycles. The summed E-state index contributed by atoms with van der Waals surface area (Å²) >= 11 is 1.57. The second kappa shape index (κ2) is 9.58. The van der Waals surface area contributed by atoms with Gasteiger partial charge in [0.25, 0.3) is 5.91 Å². The van der Waals surface area contributed by atoms with Crippen molar-refractivity contribution in [3.8, 4) is 0 Å². The van der Waals surface area contributed by atoms with Crippen molar-refractivity contribution in [1.29, 1.82) is 0 Å². The van der Waals surface area contributed by atoms with Crippen molar-refractivity contribution in [2.75, 3.05) is 31.1 Å². The van der Waals surface area contributed by atoms with Gasteiger partial charge >= 0.3 is 0 Å². The number of anilines is 1. The van der Waals surface area contributed by atoms with Gasteiger partial charge in [-0.25, -0.2) is 0 Å². The van der Waals surface area contributed by atoms with Crippen molar-refractivity contribution < 1.29 is 19.5 Å². The lowest BCUT2D eigenvalue weighted by molar-refractivity contribution is -0.144. The van der Waals surface area contributed by atoms with E-state index in [0.717, 1.165) is 22.9 Å². The van der Waals surface area contributed by atoms with Gasteiger partial charge in [0.2, 0.25) is 11.8 Å². The van der Waals surface area contributed by atoms with Gasteiger partial charge in [0.15, 0.2) is 0 Å². The number of aliphatic hydroxyl groups is 1. The average Bonchev–Trinajstić information content (AvgIpc) is 3.25. The monoisotopic (exact) mass is 531 g/mol. The van der Waals surface area contributed by atoms with Crippen LogP contribution in [0.15, 0.2) is 66.8 Å². The molecule has 1 N–H and O–H groups in total. The molecule has 2 aromatic carbocycles. The molecule has 0 radical (unpaired) electrons. The fourth-order valence-electron chi connectivity index (χ4n) is 6.74. The molecule has 8 heteroatoms. The molecule has 2 saturated heterocycles. The van der Waals surface area contributed by atoms with Crippen LogP contribution < -0.4 is 4.90 Å². The van der Waals surface area contributed by atoms with Crippen molar-refractivity contribution >= 4 is 45.9 Å². The summed E-state index contributed by atoms with van der Waals surface area (Å²) in [7, 11) is 0. The number of carbonyl (C=O) groups excluding carboxylic acids is 3.